The summed E-state index contributed by atoms with van der Waals surface area (Å²) in [6.45, 7) is 2.97. The van der Waals surface area contributed by atoms with Gasteiger partial charge in [0.25, 0.3) is 0 Å². The van der Waals surface area contributed by atoms with Gasteiger partial charge in [0.2, 0.25) is 5.91 Å². The van der Waals surface area contributed by atoms with E-state index in [1.54, 1.807) is 21.0 Å². The molecule has 0 aromatic heterocycles. The van der Waals surface area contributed by atoms with Crippen LogP contribution in [-0.2, 0) is 9.59 Å². The number of hydrogen-bond acceptors (Lipinski definition) is 3. The highest BCUT2D eigenvalue weighted by molar-refractivity contribution is 5.84. The number of urea groups is 1. The minimum atomic E-state index is -0.984. The second-order valence-electron chi connectivity index (χ2n) is 4.03. The third kappa shape index (κ3) is 5.74. The van der Waals surface area contributed by atoms with Gasteiger partial charge in [0.1, 0.15) is 0 Å². The summed E-state index contributed by atoms with van der Waals surface area (Å²) in [7, 11) is 3.16. The van der Waals surface area contributed by atoms with Crippen molar-refractivity contribution in [3.05, 3.63) is 0 Å². The maximum atomic E-state index is 11.3. The van der Waals surface area contributed by atoms with Crippen molar-refractivity contribution >= 4 is 17.9 Å². The van der Waals surface area contributed by atoms with E-state index in [4.69, 9.17) is 5.11 Å². The highest BCUT2D eigenvalue weighted by Crippen LogP contribution is 2.01. The van der Waals surface area contributed by atoms with Crippen LogP contribution in [0.2, 0.25) is 0 Å². The fourth-order valence-corrected chi connectivity index (χ4v) is 0.911. The zero-order chi connectivity index (χ0) is 13.6. The minimum absolute atomic E-state index is 0.118. The van der Waals surface area contributed by atoms with E-state index >= 15 is 0 Å². The van der Waals surface area contributed by atoms with E-state index in [1.165, 1.54) is 11.8 Å². The first-order chi connectivity index (χ1) is 7.75. The van der Waals surface area contributed by atoms with Crippen LogP contribution in [0.5, 0.6) is 0 Å². The van der Waals surface area contributed by atoms with Crippen LogP contribution in [0.25, 0.3) is 0 Å². The monoisotopic (exact) mass is 245 g/mol. The number of nitrogens with one attached hydrogen (secondary N) is 2. The number of nitrogens with zero attached hydrogens (tertiary/aromatic N) is 1. The fourth-order valence-electron chi connectivity index (χ4n) is 0.911. The second kappa shape index (κ2) is 6.72. The van der Waals surface area contributed by atoms with Gasteiger partial charge in [-0.3, -0.25) is 9.59 Å². The Hall–Kier alpha value is -1.79. The van der Waals surface area contributed by atoms with Crippen molar-refractivity contribution in [2.45, 2.75) is 19.9 Å². The van der Waals surface area contributed by atoms with Crippen molar-refractivity contribution in [1.29, 1.82) is 0 Å². The molecule has 0 aliphatic rings. The van der Waals surface area contributed by atoms with Crippen molar-refractivity contribution in [2.75, 3.05) is 20.6 Å². The number of carbonyl (C=O) groups excluding carboxylic acids is 2. The molecule has 0 aliphatic carbocycles. The number of carbonyl (C=O) groups is 3. The smallest absolute Gasteiger partial charge is 0.315 e. The molecule has 0 spiro atoms. The lowest BCUT2D eigenvalue weighted by molar-refractivity contribution is -0.141. The van der Waals surface area contributed by atoms with Gasteiger partial charge in [0.05, 0.1) is 12.5 Å². The molecule has 98 valence electrons. The van der Waals surface area contributed by atoms with Crippen LogP contribution >= 0.6 is 0 Å². The van der Waals surface area contributed by atoms with Crippen LogP contribution in [0.15, 0.2) is 0 Å². The van der Waals surface area contributed by atoms with E-state index < -0.39 is 24.0 Å². The number of amides is 3. The lowest BCUT2D eigenvalue weighted by Crippen LogP contribution is -2.47. The van der Waals surface area contributed by atoms with E-state index in [1.807, 2.05) is 0 Å². The Labute approximate surface area is 100 Å². The number of hydrogen-bond donors (Lipinski definition) is 3. The van der Waals surface area contributed by atoms with Gasteiger partial charge in [-0.1, -0.05) is 0 Å². The Bertz CT molecular complexity index is 304. The summed E-state index contributed by atoms with van der Waals surface area (Å²) < 4.78 is 0. The summed E-state index contributed by atoms with van der Waals surface area (Å²) in [6, 6.07) is -1.07. The molecular formula is C10H19N3O4. The number of likely N-dealkylation sites (N-methyl/N-ethyl adjacent to an activating group) is 1. The predicted molar refractivity (Wildman–Crippen MR) is 61.5 cm³/mol. The molecule has 0 rings (SSSR count). The Morgan fingerprint density at radius 1 is 1.24 bits per heavy atom. The maximum Gasteiger partial charge on any atom is 0.315 e. The van der Waals surface area contributed by atoms with Gasteiger partial charge in [0.15, 0.2) is 0 Å². The minimum Gasteiger partial charge on any atom is -0.481 e. The van der Waals surface area contributed by atoms with Crippen LogP contribution in [0, 0.1) is 5.92 Å². The first kappa shape index (κ1) is 15.2. The number of rotatable bonds is 5. The van der Waals surface area contributed by atoms with Crippen molar-refractivity contribution in [3.8, 4) is 0 Å². The summed E-state index contributed by atoms with van der Waals surface area (Å²) >= 11 is 0. The van der Waals surface area contributed by atoms with Crippen LogP contribution in [0.4, 0.5) is 4.79 Å². The third-order valence-electron chi connectivity index (χ3n) is 2.40. The van der Waals surface area contributed by atoms with Gasteiger partial charge in [-0.15, -0.1) is 0 Å². The molecule has 0 heterocycles. The van der Waals surface area contributed by atoms with E-state index in [0.29, 0.717) is 0 Å². The topological polar surface area (TPSA) is 98.7 Å². The molecule has 3 amide bonds. The largest absolute Gasteiger partial charge is 0.481 e. The number of carboxylic acids is 1. The molecule has 2 atom stereocenters. The van der Waals surface area contributed by atoms with Crippen molar-refractivity contribution in [2.24, 2.45) is 5.92 Å². The zero-order valence-electron chi connectivity index (χ0n) is 10.5. The fraction of sp³-hybridized carbons (Fsp3) is 0.700. The van der Waals surface area contributed by atoms with Crippen molar-refractivity contribution < 1.29 is 19.5 Å². The van der Waals surface area contributed by atoms with Crippen LogP contribution in [-0.4, -0.2) is 54.6 Å². The normalized spacial score (nSPS) is 13.4. The molecule has 3 N–H and O–H groups in total. The second-order valence-corrected chi connectivity index (χ2v) is 4.03. The maximum absolute atomic E-state index is 11.3. The molecule has 2 unspecified atom stereocenters. The van der Waals surface area contributed by atoms with Gasteiger partial charge in [-0.2, -0.15) is 0 Å². The molecule has 0 fully saturated rings. The SMILES string of the molecule is CC(NC(=O)NCC(=O)N(C)C)C(C)C(=O)O. The molecule has 0 aliphatic heterocycles. The van der Waals surface area contributed by atoms with Crippen LogP contribution in [0.3, 0.4) is 0 Å². The molecule has 0 aromatic carbocycles. The summed E-state index contributed by atoms with van der Waals surface area (Å²) in [5, 5.41) is 13.5. The lowest BCUT2D eigenvalue weighted by Gasteiger charge is -2.18. The average molecular weight is 245 g/mol. The van der Waals surface area contributed by atoms with Gasteiger partial charge in [-0.05, 0) is 13.8 Å². The Kier molecular flexibility index (Phi) is 6.01. The van der Waals surface area contributed by atoms with Crippen molar-refractivity contribution in [1.82, 2.24) is 15.5 Å². The first-order valence-corrected chi connectivity index (χ1v) is 5.23. The summed E-state index contributed by atoms with van der Waals surface area (Å²) in [6.07, 6.45) is 0. The van der Waals surface area contributed by atoms with Crippen molar-refractivity contribution in [3.63, 3.8) is 0 Å². The standard InChI is InChI=1S/C10H19N3O4/c1-6(9(15)16)7(2)12-10(17)11-5-8(14)13(3)4/h6-7H,5H2,1-4H3,(H,15,16)(H2,11,12,17). The van der Waals surface area contributed by atoms with Crippen LogP contribution < -0.4 is 10.6 Å². The van der Waals surface area contributed by atoms with E-state index in [2.05, 4.69) is 10.6 Å². The summed E-state index contributed by atoms with van der Waals surface area (Å²) in [4.78, 5) is 34.5. The lowest BCUT2D eigenvalue weighted by atomic mass is 10.0. The molecule has 0 saturated heterocycles. The van der Waals surface area contributed by atoms with Gasteiger partial charge >= 0.3 is 12.0 Å². The number of carboxylic acid groups (broad SMARTS) is 1. The van der Waals surface area contributed by atoms with E-state index in [0.717, 1.165) is 0 Å². The zero-order valence-corrected chi connectivity index (χ0v) is 10.5. The highest BCUT2D eigenvalue weighted by atomic mass is 16.4. The highest BCUT2D eigenvalue weighted by Gasteiger charge is 2.20. The van der Waals surface area contributed by atoms with Gasteiger partial charge in [-0.25, -0.2) is 4.79 Å². The molecule has 7 heteroatoms. The molecule has 0 bridgehead atoms. The quantitative estimate of drug-likeness (QED) is 0.607. The Balaban J connectivity index is 4.02. The summed E-state index contributed by atoms with van der Waals surface area (Å²) in [5.41, 5.74) is 0. The molecule has 7 nitrogen and oxygen atoms in total. The first-order valence-electron chi connectivity index (χ1n) is 5.23. The summed E-state index contributed by atoms with van der Waals surface area (Å²) in [5.74, 6) is -1.91. The molecule has 0 aromatic rings. The van der Waals surface area contributed by atoms with E-state index in [-0.39, 0.29) is 12.5 Å². The third-order valence-corrected chi connectivity index (χ3v) is 2.40. The Morgan fingerprint density at radius 2 is 1.76 bits per heavy atom. The van der Waals surface area contributed by atoms with Gasteiger partial charge in [0, 0.05) is 20.1 Å². The molecule has 0 radical (unpaired) electrons. The Morgan fingerprint density at radius 3 is 2.18 bits per heavy atom. The predicted octanol–water partition coefficient (Wildman–Crippen LogP) is -0.517. The molecular weight excluding hydrogens is 226 g/mol. The average Bonchev–Trinajstić information content (AvgIpc) is 2.24. The van der Waals surface area contributed by atoms with Crippen LogP contribution in [0.1, 0.15) is 13.8 Å². The molecule has 0 saturated carbocycles. The molecule has 17 heavy (non-hydrogen) atoms. The van der Waals surface area contributed by atoms with Gasteiger partial charge < -0.3 is 20.6 Å². The van der Waals surface area contributed by atoms with E-state index in [9.17, 15) is 14.4 Å². The number of aliphatic carboxylic acids is 1.